The Morgan fingerprint density at radius 2 is 1.78 bits per heavy atom. The molecule has 0 aromatic heterocycles. The molecule has 0 saturated heterocycles. The van der Waals surface area contributed by atoms with Crippen molar-refractivity contribution in [3.8, 4) is 0 Å². The third-order valence-corrected chi connectivity index (χ3v) is 3.71. The number of para-hydroxylation sites is 1. The topological polar surface area (TPSA) is 75.3 Å². The van der Waals surface area contributed by atoms with Crippen LogP contribution in [0.15, 0.2) is 30.3 Å². The molecule has 0 radical (unpaired) electrons. The van der Waals surface area contributed by atoms with Crippen molar-refractivity contribution < 1.29 is 13.2 Å². The average Bonchev–Trinajstić information content (AvgIpc) is 2.29. The molecule has 5 nitrogen and oxygen atoms in total. The van der Waals surface area contributed by atoms with E-state index < -0.39 is 21.5 Å². The van der Waals surface area contributed by atoms with E-state index in [0.717, 1.165) is 0 Å². The molecule has 1 aromatic rings. The molecule has 1 amide bonds. The second-order valence-corrected chi connectivity index (χ2v) is 6.06. The minimum atomic E-state index is -3.88. The molecule has 0 aliphatic carbocycles. The van der Waals surface area contributed by atoms with Gasteiger partial charge in [0.05, 0.1) is 5.69 Å². The SMILES string of the molecule is CCC(C)(C)C(=O)NS(=O)(=O)Nc1ccccc1. The van der Waals surface area contributed by atoms with Gasteiger partial charge in [0.1, 0.15) is 0 Å². The molecular formula is C12H18N2O3S. The van der Waals surface area contributed by atoms with Crippen molar-refractivity contribution in [2.75, 3.05) is 4.72 Å². The van der Waals surface area contributed by atoms with E-state index in [1.165, 1.54) is 0 Å². The van der Waals surface area contributed by atoms with Gasteiger partial charge >= 0.3 is 10.2 Å². The Labute approximate surface area is 108 Å². The normalized spacial score (nSPS) is 11.9. The van der Waals surface area contributed by atoms with Crippen LogP contribution in [-0.2, 0) is 15.0 Å². The highest BCUT2D eigenvalue weighted by molar-refractivity contribution is 7.91. The summed E-state index contributed by atoms with van der Waals surface area (Å²) in [4.78, 5) is 11.8. The predicted octanol–water partition coefficient (Wildman–Crippen LogP) is 1.90. The molecular weight excluding hydrogens is 252 g/mol. The molecule has 0 fully saturated rings. The Hall–Kier alpha value is -1.56. The number of rotatable bonds is 5. The van der Waals surface area contributed by atoms with Gasteiger partial charge in [-0.2, -0.15) is 8.42 Å². The van der Waals surface area contributed by atoms with E-state index in [4.69, 9.17) is 0 Å². The molecule has 2 N–H and O–H groups in total. The number of carbonyl (C=O) groups excluding carboxylic acids is 1. The fraction of sp³-hybridized carbons (Fsp3) is 0.417. The van der Waals surface area contributed by atoms with E-state index in [0.29, 0.717) is 12.1 Å². The van der Waals surface area contributed by atoms with E-state index >= 15 is 0 Å². The summed E-state index contributed by atoms with van der Waals surface area (Å²) in [6.45, 7) is 5.22. The maximum Gasteiger partial charge on any atom is 0.323 e. The number of carbonyl (C=O) groups is 1. The van der Waals surface area contributed by atoms with Gasteiger partial charge < -0.3 is 0 Å². The van der Waals surface area contributed by atoms with Crippen molar-refractivity contribution in [2.24, 2.45) is 5.41 Å². The number of hydrogen-bond acceptors (Lipinski definition) is 3. The molecule has 0 aliphatic rings. The predicted molar refractivity (Wildman–Crippen MR) is 71.2 cm³/mol. The highest BCUT2D eigenvalue weighted by atomic mass is 32.2. The molecule has 0 unspecified atom stereocenters. The minimum Gasteiger partial charge on any atom is -0.273 e. The third-order valence-electron chi connectivity index (χ3n) is 2.75. The summed E-state index contributed by atoms with van der Waals surface area (Å²) < 4.78 is 27.8. The molecule has 1 rings (SSSR count). The molecule has 18 heavy (non-hydrogen) atoms. The van der Waals surface area contributed by atoms with E-state index in [1.54, 1.807) is 44.2 Å². The van der Waals surface area contributed by atoms with Crippen LogP contribution in [0.2, 0.25) is 0 Å². The van der Waals surface area contributed by atoms with Crippen LogP contribution in [-0.4, -0.2) is 14.3 Å². The lowest BCUT2D eigenvalue weighted by molar-refractivity contribution is -0.127. The van der Waals surface area contributed by atoms with Crippen LogP contribution in [0.3, 0.4) is 0 Å². The maximum atomic E-state index is 11.8. The lowest BCUT2D eigenvalue weighted by atomic mass is 9.90. The molecule has 0 spiro atoms. The summed E-state index contributed by atoms with van der Waals surface area (Å²) in [5, 5.41) is 0. The van der Waals surface area contributed by atoms with Crippen molar-refractivity contribution in [1.29, 1.82) is 0 Å². The van der Waals surface area contributed by atoms with Gasteiger partial charge in [0.25, 0.3) is 0 Å². The number of nitrogens with one attached hydrogen (secondary N) is 2. The molecule has 100 valence electrons. The van der Waals surface area contributed by atoms with Gasteiger partial charge in [0.15, 0.2) is 0 Å². The third kappa shape index (κ3) is 4.03. The van der Waals surface area contributed by atoms with Crippen LogP contribution in [0.4, 0.5) is 5.69 Å². The Morgan fingerprint density at radius 1 is 1.22 bits per heavy atom. The Balaban J connectivity index is 2.75. The lowest BCUT2D eigenvalue weighted by Gasteiger charge is -2.21. The zero-order chi connectivity index (χ0) is 13.8. The fourth-order valence-electron chi connectivity index (χ4n) is 1.11. The Kier molecular flexibility index (Phi) is 4.34. The molecule has 1 aromatic carbocycles. The second kappa shape index (κ2) is 5.39. The highest BCUT2D eigenvalue weighted by Crippen LogP contribution is 2.20. The maximum absolute atomic E-state index is 11.8. The molecule has 0 atom stereocenters. The summed E-state index contributed by atoms with van der Waals surface area (Å²) in [6.07, 6.45) is 0.555. The summed E-state index contributed by atoms with van der Waals surface area (Å²) in [5.41, 5.74) is -0.307. The molecule has 0 aliphatic heterocycles. The van der Waals surface area contributed by atoms with Gasteiger partial charge in [-0.05, 0) is 18.6 Å². The standard InChI is InChI=1S/C12H18N2O3S/c1-4-12(2,3)11(15)14-18(16,17)13-10-8-6-5-7-9-10/h5-9,13H,4H2,1-3H3,(H,14,15). The smallest absolute Gasteiger partial charge is 0.273 e. The van der Waals surface area contributed by atoms with Gasteiger partial charge in [-0.15, -0.1) is 0 Å². The van der Waals surface area contributed by atoms with Crippen molar-refractivity contribution in [1.82, 2.24) is 4.72 Å². The fourth-order valence-corrected chi connectivity index (χ4v) is 2.13. The first-order chi connectivity index (χ1) is 8.27. The Bertz CT molecular complexity index is 509. The van der Waals surface area contributed by atoms with E-state index in [2.05, 4.69) is 4.72 Å². The van der Waals surface area contributed by atoms with Crippen molar-refractivity contribution in [3.05, 3.63) is 30.3 Å². The summed E-state index contributed by atoms with van der Waals surface area (Å²) in [6, 6.07) is 8.39. The van der Waals surface area contributed by atoms with Crippen molar-refractivity contribution >= 4 is 21.8 Å². The monoisotopic (exact) mass is 270 g/mol. The first-order valence-corrected chi connectivity index (χ1v) is 7.15. The van der Waals surface area contributed by atoms with Crippen LogP contribution in [0, 0.1) is 5.41 Å². The highest BCUT2D eigenvalue weighted by Gasteiger charge is 2.28. The quantitative estimate of drug-likeness (QED) is 0.858. The van der Waals surface area contributed by atoms with Gasteiger partial charge in [-0.1, -0.05) is 39.0 Å². The second-order valence-electron chi connectivity index (χ2n) is 4.64. The zero-order valence-corrected chi connectivity index (χ0v) is 11.5. The number of amides is 1. The minimum absolute atomic E-state index is 0.409. The van der Waals surface area contributed by atoms with Gasteiger partial charge in [-0.25, -0.2) is 4.72 Å². The van der Waals surface area contributed by atoms with Crippen LogP contribution in [0.25, 0.3) is 0 Å². The van der Waals surface area contributed by atoms with Crippen LogP contribution in [0.5, 0.6) is 0 Å². The first-order valence-electron chi connectivity index (χ1n) is 5.67. The summed E-state index contributed by atoms with van der Waals surface area (Å²) in [5.74, 6) is -0.520. The number of hydrogen-bond donors (Lipinski definition) is 2. The largest absolute Gasteiger partial charge is 0.323 e. The molecule has 0 heterocycles. The molecule has 0 saturated carbocycles. The molecule has 6 heteroatoms. The summed E-state index contributed by atoms with van der Waals surface area (Å²) >= 11 is 0. The molecule has 0 bridgehead atoms. The van der Waals surface area contributed by atoms with Crippen molar-refractivity contribution in [3.63, 3.8) is 0 Å². The van der Waals surface area contributed by atoms with E-state index in [9.17, 15) is 13.2 Å². The van der Waals surface area contributed by atoms with Gasteiger partial charge in [-0.3, -0.25) is 9.52 Å². The van der Waals surface area contributed by atoms with Crippen molar-refractivity contribution in [2.45, 2.75) is 27.2 Å². The summed E-state index contributed by atoms with van der Waals surface area (Å²) in [7, 11) is -3.88. The van der Waals surface area contributed by atoms with Gasteiger partial charge in [0, 0.05) is 5.41 Å². The van der Waals surface area contributed by atoms with E-state index in [1.807, 2.05) is 11.6 Å². The van der Waals surface area contributed by atoms with Crippen LogP contribution in [0.1, 0.15) is 27.2 Å². The number of anilines is 1. The zero-order valence-electron chi connectivity index (χ0n) is 10.7. The van der Waals surface area contributed by atoms with E-state index in [-0.39, 0.29) is 0 Å². The average molecular weight is 270 g/mol. The first kappa shape index (κ1) is 14.5. The van der Waals surface area contributed by atoms with Crippen LogP contribution < -0.4 is 9.44 Å². The Morgan fingerprint density at radius 3 is 2.28 bits per heavy atom. The van der Waals surface area contributed by atoms with Gasteiger partial charge in [0.2, 0.25) is 5.91 Å². The number of benzene rings is 1. The lowest BCUT2D eigenvalue weighted by Crippen LogP contribution is -2.42. The van der Waals surface area contributed by atoms with Crippen LogP contribution >= 0.6 is 0 Å².